The van der Waals surface area contributed by atoms with Gasteiger partial charge in [-0.25, -0.2) is 0 Å². The van der Waals surface area contributed by atoms with Gasteiger partial charge in [0.25, 0.3) is 0 Å². The zero-order valence-corrected chi connectivity index (χ0v) is 14.3. The fourth-order valence-electron chi connectivity index (χ4n) is 2.09. The maximum Gasteiger partial charge on any atom is 0.160 e. The molecule has 4 heteroatoms. The highest BCUT2D eigenvalue weighted by Crippen LogP contribution is 2.27. The highest BCUT2D eigenvalue weighted by atomic mass is 35.5. The molecular weight excluding hydrogens is 310 g/mol. The van der Waals surface area contributed by atoms with Gasteiger partial charge in [-0.05, 0) is 36.2 Å². The normalized spacial score (nSPS) is 9.30. The van der Waals surface area contributed by atoms with Crippen LogP contribution in [0.2, 0.25) is 0 Å². The Morgan fingerprint density at radius 2 is 1.70 bits per heavy atom. The van der Waals surface area contributed by atoms with Gasteiger partial charge in [0.2, 0.25) is 0 Å². The molecule has 23 heavy (non-hydrogen) atoms. The minimum atomic E-state index is 0. The van der Waals surface area contributed by atoms with Crippen LogP contribution >= 0.6 is 12.4 Å². The van der Waals surface area contributed by atoms with Crippen LogP contribution in [0.4, 0.5) is 0 Å². The van der Waals surface area contributed by atoms with E-state index in [1.54, 1.807) is 14.2 Å². The summed E-state index contributed by atoms with van der Waals surface area (Å²) in [5, 5.41) is 3.32. The summed E-state index contributed by atoms with van der Waals surface area (Å²) in [4.78, 5) is 0. The molecule has 2 rings (SSSR count). The van der Waals surface area contributed by atoms with Crippen molar-refractivity contribution in [3.8, 4) is 23.3 Å². The number of nitrogens with one attached hydrogen (secondary N) is 1. The molecule has 0 aliphatic rings. The van der Waals surface area contributed by atoms with E-state index in [0.717, 1.165) is 30.0 Å². The van der Waals surface area contributed by atoms with Crippen molar-refractivity contribution in [1.29, 1.82) is 0 Å². The molecule has 1 N–H and O–H groups in total. The minimum absolute atomic E-state index is 0. The molecule has 122 valence electrons. The fraction of sp³-hybridized carbons (Fsp3) is 0.263. The first-order chi connectivity index (χ1) is 10.8. The monoisotopic (exact) mass is 331 g/mol. The van der Waals surface area contributed by atoms with Gasteiger partial charge in [-0.1, -0.05) is 36.1 Å². The van der Waals surface area contributed by atoms with Crippen LogP contribution in [0.5, 0.6) is 11.5 Å². The van der Waals surface area contributed by atoms with Crippen LogP contribution in [0, 0.1) is 11.8 Å². The summed E-state index contributed by atoms with van der Waals surface area (Å²) >= 11 is 0. The van der Waals surface area contributed by atoms with Crippen LogP contribution in [0.3, 0.4) is 0 Å². The lowest BCUT2D eigenvalue weighted by molar-refractivity contribution is 0.354. The first-order valence-corrected chi connectivity index (χ1v) is 7.29. The second kappa shape index (κ2) is 10.6. The summed E-state index contributed by atoms with van der Waals surface area (Å²) in [5.74, 6) is 7.78. The predicted octanol–water partition coefficient (Wildman–Crippen LogP) is 3.31. The van der Waals surface area contributed by atoms with Crippen LogP contribution in [0.1, 0.15) is 11.1 Å². The van der Waals surface area contributed by atoms with Crippen molar-refractivity contribution in [2.75, 3.05) is 27.3 Å². The number of rotatable bonds is 6. The van der Waals surface area contributed by atoms with Gasteiger partial charge < -0.3 is 14.8 Å². The molecule has 2 aromatic carbocycles. The van der Waals surface area contributed by atoms with E-state index in [9.17, 15) is 0 Å². The number of methoxy groups -OCH3 is 2. The molecule has 0 heterocycles. The summed E-state index contributed by atoms with van der Waals surface area (Å²) in [5.41, 5.74) is 2.25. The number of halogens is 1. The molecule has 3 nitrogen and oxygen atoms in total. The van der Waals surface area contributed by atoms with Crippen LogP contribution in [-0.2, 0) is 6.42 Å². The van der Waals surface area contributed by atoms with E-state index in [-0.39, 0.29) is 12.4 Å². The predicted molar refractivity (Wildman–Crippen MR) is 96.7 cm³/mol. The standard InChI is InChI=1S/C19H21NO2.ClH/c1-21-18-11-10-17(15-19(18)22-2)12-14-20-13-6-9-16-7-4-3-5-8-16;/h3-5,7-8,10-11,15,20H,12-14H2,1-2H3;1H. The lowest BCUT2D eigenvalue weighted by atomic mass is 10.1. The lowest BCUT2D eigenvalue weighted by Crippen LogP contribution is -2.17. The topological polar surface area (TPSA) is 30.5 Å². The van der Waals surface area contributed by atoms with Gasteiger partial charge in [-0.2, -0.15) is 0 Å². The Balaban J connectivity index is 0.00000264. The lowest BCUT2D eigenvalue weighted by Gasteiger charge is -2.09. The van der Waals surface area contributed by atoms with Crippen molar-refractivity contribution in [2.24, 2.45) is 0 Å². The molecule has 0 aromatic heterocycles. The highest BCUT2D eigenvalue weighted by Gasteiger charge is 2.03. The molecule has 0 aliphatic carbocycles. The fourth-order valence-corrected chi connectivity index (χ4v) is 2.09. The second-order valence-electron chi connectivity index (χ2n) is 4.78. The molecule has 0 fully saturated rings. The Hall–Kier alpha value is -2.15. The largest absolute Gasteiger partial charge is 0.493 e. The summed E-state index contributed by atoms with van der Waals surface area (Å²) in [7, 11) is 3.30. The molecule has 0 saturated heterocycles. The Morgan fingerprint density at radius 3 is 2.39 bits per heavy atom. The SMILES string of the molecule is COc1ccc(CCNCC#Cc2ccccc2)cc1OC.Cl. The third kappa shape index (κ3) is 6.23. The summed E-state index contributed by atoms with van der Waals surface area (Å²) in [6.45, 7) is 1.56. The van der Waals surface area contributed by atoms with Crippen LogP contribution in [0.15, 0.2) is 48.5 Å². The van der Waals surface area contributed by atoms with Gasteiger partial charge in [0.1, 0.15) is 0 Å². The van der Waals surface area contributed by atoms with Crippen LogP contribution in [-0.4, -0.2) is 27.3 Å². The molecule has 0 amide bonds. The molecule has 0 atom stereocenters. The average Bonchev–Trinajstić information content (AvgIpc) is 2.58. The number of benzene rings is 2. The molecular formula is C19H22ClNO2. The van der Waals surface area contributed by atoms with E-state index in [1.165, 1.54) is 5.56 Å². The summed E-state index contributed by atoms with van der Waals surface area (Å²) in [6.07, 6.45) is 0.924. The van der Waals surface area contributed by atoms with E-state index < -0.39 is 0 Å². The number of hydrogen-bond donors (Lipinski definition) is 1. The number of ether oxygens (including phenoxy) is 2. The van der Waals surface area contributed by atoms with Crippen molar-refractivity contribution in [2.45, 2.75) is 6.42 Å². The van der Waals surface area contributed by atoms with Crippen molar-refractivity contribution in [1.82, 2.24) is 5.32 Å². The molecule has 0 unspecified atom stereocenters. The number of hydrogen-bond acceptors (Lipinski definition) is 3. The van der Waals surface area contributed by atoms with Crippen LogP contribution < -0.4 is 14.8 Å². The van der Waals surface area contributed by atoms with Gasteiger partial charge in [0.15, 0.2) is 11.5 Å². The van der Waals surface area contributed by atoms with Gasteiger partial charge in [0.05, 0.1) is 20.8 Å². The third-order valence-corrected chi connectivity index (χ3v) is 3.26. The molecule has 0 aliphatic heterocycles. The third-order valence-electron chi connectivity index (χ3n) is 3.26. The Morgan fingerprint density at radius 1 is 0.957 bits per heavy atom. The van der Waals surface area contributed by atoms with E-state index in [0.29, 0.717) is 6.54 Å². The van der Waals surface area contributed by atoms with Crippen molar-refractivity contribution in [3.63, 3.8) is 0 Å². The van der Waals surface area contributed by atoms with E-state index in [4.69, 9.17) is 9.47 Å². The maximum atomic E-state index is 5.30. The second-order valence-corrected chi connectivity index (χ2v) is 4.78. The van der Waals surface area contributed by atoms with Gasteiger partial charge in [-0.3, -0.25) is 0 Å². The van der Waals surface area contributed by atoms with E-state index in [2.05, 4.69) is 23.2 Å². The first kappa shape index (κ1) is 18.9. The van der Waals surface area contributed by atoms with Crippen LogP contribution in [0.25, 0.3) is 0 Å². The molecule has 0 spiro atoms. The maximum absolute atomic E-state index is 5.30. The molecule has 0 radical (unpaired) electrons. The summed E-state index contributed by atoms with van der Waals surface area (Å²) < 4.78 is 10.5. The average molecular weight is 332 g/mol. The van der Waals surface area contributed by atoms with Crippen molar-refractivity contribution >= 4 is 12.4 Å². The van der Waals surface area contributed by atoms with E-state index in [1.807, 2.05) is 42.5 Å². The quantitative estimate of drug-likeness (QED) is 0.650. The molecule has 2 aromatic rings. The van der Waals surface area contributed by atoms with Gasteiger partial charge in [0, 0.05) is 12.1 Å². The smallest absolute Gasteiger partial charge is 0.160 e. The summed E-state index contributed by atoms with van der Waals surface area (Å²) in [6, 6.07) is 16.0. The zero-order valence-electron chi connectivity index (χ0n) is 13.5. The molecule has 0 bridgehead atoms. The zero-order chi connectivity index (χ0) is 15.6. The van der Waals surface area contributed by atoms with Crippen molar-refractivity contribution in [3.05, 3.63) is 59.7 Å². The Bertz CT molecular complexity index is 647. The van der Waals surface area contributed by atoms with Crippen molar-refractivity contribution < 1.29 is 9.47 Å². The van der Waals surface area contributed by atoms with E-state index >= 15 is 0 Å². The molecule has 0 saturated carbocycles. The van der Waals surface area contributed by atoms with Gasteiger partial charge >= 0.3 is 0 Å². The minimum Gasteiger partial charge on any atom is -0.493 e. The Kier molecular flexibility index (Phi) is 8.67. The van der Waals surface area contributed by atoms with Gasteiger partial charge in [-0.15, -0.1) is 12.4 Å². The first-order valence-electron chi connectivity index (χ1n) is 7.29. The Labute approximate surface area is 144 Å². The highest BCUT2D eigenvalue weighted by molar-refractivity contribution is 5.85.